The van der Waals surface area contributed by atoms with Crippen LogP contribution >= 0.6 is 22.9 Å². The van der Waals surface area contributed by atoms with Crippen LogP contribution in [0.4, 0.5) is 0 Å². The fourth-order valence-corrected chi connectivity index (χ4v) is 4.40. The molecule has 140 valence electrons. The van der Waals surface area contributed by atoms with Gasteiger partial charge in [0.05, 0.1) is 21.8 Å². The van der Waals surface area contributed by atoms with E-state index in [-0.39, 0.29) is 5.91 Å². The molecular weight excluding hydrogens is 382 g/mol. The summed E-state index contributed by atoms with van der Waals surface area (Å²) in [5.74, 6) is 0.752. The van der Waals surface area contributed by atoms with Gasteiger partial charge in [-0.25, -0.2) is 9.67 Å². The van der Waals surface area contributed by atoms with Gasteiger partial charge in [0, 0.05) is 43.8 Å². The van der Waals surface area contributed by atoms with Crippen molar-refractivity contribution in [2.24, 2.45) is 0 Å². The lowest BCUT2D eigenvalue weighted by molar-refractivity contribution is 0.0629. The molecule has 4 heterocycles. The number of carbonyl (C=O) groups is 1. The average Bonchev–Trinajstić information content (AvgIpc) is 3.28. The lowest BCUT2D eigenvalue weighted by Crippen LogP contribution is -2.48. The third-order valence-corrected chi connectivity index (χ3v) is 5.99. The molecule has 0 bridgehead atoms. The van der Waals surface area contributed by atoms with Gasteiger partial charge >= 0.3 is 0 Å². The van der Waals surface area contributed by atoms with Crippen LogP contribution < -0.4 is 0 Å². The average molecular weight is 402 g/mol. The highest BCUT2D eigenvalue weighted by molar-refractivity contribution is 7.16. The van der Waals surface area contributed by atoms with E-state index in [0.717, 1.165) is 29.7 Å². The Balaban J connectivity index is 1.40. The van der Waals surface area contributed by atoms with E-state index in [1.807, 2.05) is 36.1 Å². The van der Waals surface area contributed by atoms with Crippen molar-refractivity contribution in [3.05, 3.63) is 63.2 Å². The molecule has 1 aliphatic heterocycles. The first-order chi connectivity index (χ1) is 13.1. The maximum atomic E-state index is 13.0. The topological polar surface area (TPSA) is 54.3 Å². The molecule has 1 aliphatic rings. The van der Waals surface area contributed by atoms with Gasteiger partial charge < -0.3 is 4.90 Å². The number of aromatic nitrogens is 3. The van der Waals surface area contributed by atoms with Crippen molar-refractivity contribution in [2.45, 2.75) is 13.5 Å². The zero-order chi connectivity index (χ0) is 18.8. The minimum atomic E-state index is 0.0356. The molecule has 8 heteroatoms. The maximum absolute atomic E-state index is 13.0. The highest BCUT2D eigenvalue weighted by Gasteiger charge is 2.25. The molecule has 0 radical (unpaired) electrons. The molecule has 27 heavy (non-hydrogen) atoms. The summed E-state index contributed by atoms with van der Waals surface area (Å²) in [4.78, 5) is 22.8. The van der Waals surface area contributed by atoms with E-state index in [2.05, 4.69) is 21.0 Å². The fraction of sp³-hybridized carbons (Fsp3) is 0.316. The van der Waals surface area contributed by atoms with Crippen molar-refractivity contribution in [3.8, 4) is 5.82 Å². The number of carbonyl (C=O) groups excluding carboxylic acids is 1. The van der Waals surface area contributed by atoms with Crippen LogP contribution in [0.5, 0.6) is 0 Å². The second-order valence-corrected chi connectivity index (χ2v) is 8.32. The van der Waals surface area contributed by atoms with Gasteiger partial charge in [0.1, 0.15) is 0 Å². The Morgan fingerprint density at radius 1 is 1.19 bits per heavy atom. The first-order valence-electron chi connectivity index (χ1n) is 8.83. The lowest BCUT2D eigenvalue weighted by Gasteiger charge is -2.34. The number of rotatable bonds is 4. The number of amides is 1. The predicted octanol–water partition coefficient (Wildman–Crippen LogP) is 3.25. The zero-order valence-corrected chi connectivity index (χ0v) is 16.6. The smallest absolute Gasteiger partial charge is 0.257 e. The minimum absolute atomic E-state index is 0.0356. The molecule has 0 spiro atoms. The first kappa shape index (κ1) is 18.2. The van der Waals surface area contributed by atoms with Crippen LogP contribution in [0.2, 0.25) is 4.34 Å². The second kappa shape index (κ2) is 7.80. The molecule has 0 saturated carbocycles. The molecule has 1 amide bonds. The highest BCUT2D eigenvalue weighted by Crippen LogP contribution is 2.23. The quantitative estimate of drug-likeness (QED) is 0.673. The second-order valence-electron chi connectivity index (χ2n) is 6.52. The predicted molar refractivity (Wildman–Crippen MR) is 107 cm³/mol. The van der Waals surface area contributed by atoms with E-state index < -0.39 is 0 Å². The molecule has 0 aromatic carbocycles. The van der Waals surface area contributed by atoms with E-state index >= 15 is 0 Å². The van der Waals surface area contributed by atoms with Gasteiger partial charge in [-0.1, -0.05) is 17.7 Å². The van der Waals surface area contributed by atoms with Gasteiger partial charge in [0.15, 0.2) is 5.82 Å². The summed E-state index contributed by atoms with van der Waals surface area (Å²) < 4.78 is 2.53. The van der Waals surface area contributed by atoms with E-state index in [1.165, 1.54) is 4.88 Å². The summed E-state index contributed by atoms with van der Waals surface area (Å²) >= 11 is 7.62. The molecule has 6 nitrogen and oxygen atoms in total. The van der Waals surface area contributed by atoms with Gasteiger partial charge in [0.25, 0.3) is 5.91 Å². The van der Waals surface area contributed by atoms with Gasteiger partial charge in [-0.3, -0.25) is 9.69 Å². The third kappa shape index (κ3) is 3.90. The summed E-state index contributed by atoms with van der Waals surface area (Å²) in [6.45, 7) is 5.93. The molecular formula is C19H20ClN5OS. The third-order valence-electron chi connectivity index (χ3n) is 4.77. The molecule has 0 aliphatic carbocycles. The summed E-state index contributed by atoms with van der Waals surface area (Å²) in [7, 11) is 0. The molecule has 0 atom stereocenters. The summed E-state index contributed by atoms with van der Waals surface area (Å²) in [6, 6.07) is 9.65. The summed E-state index contributed by atoms with van der Waals surface area (Å²) in [6.07, 6.45) is 3.37. The van der Waals surface area contributed by atoms with Crippen LogP contribution in [0.25, 0.3) is 5.82 Å². The van der Waals surface area contributed by atoms with Crippen molar-refractivity contribution in [1.29, 1.82) is 0 Å². The van der Waals surface area contributed by atoms with Crippen molar-refractivity contribution in [1.82, 2.24) is 24.6 Å². The number of pyridine rings is 1. The van der Waals surface area contributed by atoms with Crippen LogP contribution in [0.1, 0.15) is 20.9 Å². The lowest BCUT2D eigenvalue weighted by atomic mass is 10.2. The minimum Gasteiger partial charge on any atom is -0.336 e. The van der Waals surface area contributed by atoms with Crippen LogP contribution in [-0.2, 0) is 6.54 Å². The Kier molecular flexibility index (Phi) is 5.24. The number of piperazine rings is 1. The molecule has 0 N–H and O–H groups in total. The summed E-state index contributed by atoms with van der Waals surface area (Å²) in [5.41, 5.74) is 1.45. The number of nitrogens with zero attached hydrogens (tertiary/aromatic N) is 5. The summed E-state index contributed by atoms with van der Waals surface area (Å²) in [5, 5.41) is 4.36. The van der Waals surface area contributed by atoms with E-state index in [1.54, 1.807) is 28.4 Å². The largest absolute Gasteiger partial charge is 0.336 e. The SMILES string of the molecule is Cc1c(C(=O)N2CCN(Cc3ccc(Cl)s3)CC2)cnn1-c1ccccn1. The standard InChI is InChI=1S/C19H20ClN5OS/c1-14-16(12-22-25(14)18-4-2-3-7-21-18)19(26)24-10-8-23(9-11-24)13-15-5-6-17(20)27-15/h2-7,12H,8-11,13H2,1H3. The Bertz CT molecular complexity index is 931. The van der Waals surface area contributed by atoms with Gasteiger partial charge in [-0.15, -0.1) is 11.3 Å². The van der Waals surface area contributed by atoms with Crippen molar-refractivity contribution in [3.63, 3.8) is 0 Å². The fourth-order valence-electron chi connectivity index (χ4n) is 3.27. The van der Waals surface area contributed by atoms with Gasteiger partial charge in [-0.2, -0.15) is 5.10 Å². The number of hydrogen-bond donors (Lipinski definition) is 0. The van der Waals surface area contributed by atoms with Gasteiger partial charge in [0.2, 0.25) is 0 Å². The van der Waals surface area contributed by atoms with E-state index in [9.17, 15) is 4.79 Å². The number of halogens is 1. The van der Waals surface area contributed by atoms with Crippen molar-refractivity contribution >= 4 is 28.8 Å². The van der Waals surface area contributed by atoms with Crippen LogP contribution in [0.3, 0.4) is 0 Å². The molecule has 0 unspecified atom stereocenters. The molecule has 4 rings (SSSR count). The first-order valence-corrected chi connectivity index (χ1v) is 10.0. The normalized spacial score (nSPS) is 15.3. The zero-order valence-electron chi connectivity index (χ0n) is 15.0. The maximum Gasteiger partial charge on any atom is 0.257 e. The Morgan fingerprint density at radius 2 is 2.00 bits per heavy atom. The van der Waals surface area contributed by atoms with Crippen molar-refractivity contribution in [2.75, 3.05) is 26.2 Å². The Morgan fingerprint density at radius 3 is 2.67 bits per heavy atom. The van der Waals surface area contributed by atoms with Crippen LogP contribution in [0, 0.1) is 6.92 Å². The van der Waals surface area contributed by atoms with E-state index in [0.29, 0.717) is 24.5 Å². The van der Waals surface area contributed by atoms with Gasteiger partial charge in [-0.05, 0) is 31.2 Å². The molecule has 3 aromatic heterocycles. The highest BCUT2D eigenvalue weighted by atomic mass is 35.5. The molecule has 1 saturated heterocycles. The molecule has 3 aromatic rings. The number of thiophene rings is 1. The van der Waals surface area contributed by atoms with Crippen molar-refractivity contribution < 1.29 is 4.79 Å². The Labute approximate surface area is 167 Å². The van der Waals surface area contributed by atoms with Crippen LogP contribution in [-0.4, -0.2) is 56.7 Å². The Hall–Kier alpha value is -2.22. The van der Waals surface area contributed by atoms with Crippen LogP contribution in [0.15, 0.2) is 42.7 Å². The number of hydrogen-bond acceptors (Lipinski definition) is 5. The van der Waals surface area contributed by atoms with E-state index in [4.69, 9.17) is 11.6 Å². The molecule has 1 fully saturated rings. The monoisotopic (exact) mass is 401 g/mol.